The molecule has 3 aromatic rings. The van der Waals surface area contributed by atoms with Gasteiger partial charge in [0.1, 0.15) is 11.6 Å². The zero-order chi connectivity index (χ0) is 25.1. The lowest BCUT2D eigenvalue weighted by Gasteiger charge is -2.37. The maximum Gasteiger partial charge on any atom is 0.317 e. The van der Waals surface area contributed by atoms with Gasteiger partial charge in [-0.3, -0.25) is 0 Å². The summed E-state index contributed by atoms with van der Waals surface area (Å²) in [4.78, 5) is 30.8. The number of carbonyl (C=O) groups is 1. The lowest BCUT2D eigenvalue weighted by Crippen LogP contribution is -2.48. The Balaban J connectivity index is 1.28. The Morgan fingerprint density at radius 1 is 0.944 bits per heavy atom. The average molecular weight is 490 g/mol. The number of fused-ring (bicyclic) bond motifs is 1. The summed E-state index contributed by atoms with van der Waals surface area (Å²) in [5.41, 5.74) is 3.70. The van der Waals surface area contributed by atoms with E-state index in [2.05, 4.69) is 15.1 Å². The number of urea groups is 1. The minimum atomic E-state index is -0.191. The van der Waals surface area contributed by atoms with Crippen LogP contribution < -0.4 is 20.0 Å². The summed E-state index contributed by atoms with van der Waals surface area (Å²) in [6, 6.07) is 16.7. The van der Waals surface area contributed by atoms with E-state index in [0.717, 1.165) is 22.6 Å². The smallest absolute Gasteiger partial charge is 0.317 e. The third-order valence-electron chi connectivity index (χ3n) is 6.78. The fourth-order valence-electron chi connectivity index (χ4n) is 4.81. The molecule has 2 amide bonds. The van der Waals surface area contributed by atoms with Crippen molar-refractivity contribution in [2.75, 3.05) is 61.5 Å². The largest absolute Gasteiger partial charge is 0.366 e. The summed E-state index contributed by atoms with van der Waals surface area (Å²) in [5.74, 6) is 1.35. The van der Waals surface area contributed by atoms with Crippen LogP contribution in [0.2, 0.25) is 0 Å². The van der Waals surface area contributed by atoms with Crippen molar-refractivity contribution in [3.63, 3.8) is 0 Å². The molecule has 36 heavy (non-hydrogen) atoms. The second-order valence-corrected chi connectivity index (χ2v) is 9.41. The van der Waals surface area contributed by atoms with Crippen LogP contribution in [0.5, 0.6) is 0 Å². The van der Waals surface area contributed by atoms with Gasteiger partial charge in [-0.2, -0.15) is 4.98 Å². The number of carbonyl (C=O) groups excluding carboxylic acids is 1. The Morgan fingerprint density at radius 2 is 1.64 bits per heavy atom. The van der Waals surface area contributed by atoms with Crippen molar-refractivity contribution in [3.05, 3.63) is 77.2 Å². The maximum absolute atomic E-state index is 14.2. The van der Waals surface area contributed by atoms with Gasteiger partial charge in [0, 0.05) is 65.3 Å². The van der Waals surface area contributed by atoms with Gasteiger partial charge in [-0.15, -0.1) is 0 Å². The van der Waals surface area contributed by atoms with Gasteiger partial charge < -0.3 is 24.9 Å². The van der Waals surface area contributed by atoms with Gasteiger partial charge in [-0.1, -0.05) is 42.5 Å². The first-order chi connectivity index (χ1) is 17.5. The first kappa shape index (κ1) is 23.8. The van der Waals surface area contributed by atoms with E-state index < -0.39 is 0 Å². The van der Waals surface area contributed by atoms with Crippen molar-refractivity contribution in [3.8, 4) is 0 Å². The highest BCUT2D eigenvalue weighted by Gasteiger charge is 2.28. The molecule has 188 valence electrons. The Labute approximate surface area is 211 Å². The molecule has 0 bridgehead atoms. The highest BCUT2D eigenvalue weighted by atomic mass is 19.1. The van der Waals surface area contributed by atoms with Gasteiger partial charge in [0.15, 0.2) is 0 Å². The van der Waals surface area contributed by atoms with Gasteiger partial charge in [0.2, 0.25) is 5.95 Å². The third-order valence-corrected chi connectivity index (χ3v) is 6.78. The lowest BCUT2D eigenvalue weighted by molar-refractivity contribution is 0.191. The third kappa shape index (κ3) is 5.05. The molecule has 2 aliphatic rings. The zero-order valence-electron chi connectivity index (χ0n) is 20.8. The molecule has 1 N–H and O–H groups in total. The molecule has 0 aliphatic carbocycles. The standard InChI is InChI=1S/C27H32FN7O/c1-32(2)25-21-19-35(27(36)29-18-20-8-4-3-5-9-20)13-12-23(21)30-26(31-25)34-16-14-33(15-17-34)24-11-7-6-10-22(24)28/h3-11H,12-19H2,1-2H3,(H,29,36). The normalized spacial score (nSPS) is 15.5. The van der Waals surface area contributed by atoms with Crippen LogP contribution in [0.25, 0.3) is 0 Å². The number of nitrogens with zero attached hydrogens (tertiary/aromatic N) is 6. The number of para-hydroxylation sites is 1. The minimum absolute atomic E-state index is 0.0810. The number of hydrogen-bond donors (Lipinski definition) is 1. The number of piperazine rings is 1. The summed E-state index contributed by atoms with van der Waals surface area (Å²) < 4.78 is 14.2. The van der Waals surface area contributed by atoms with Gasteiger partial charge >= 0.3 is 6.03 Å². The SMILES string of the molecule is CN(C)c1nc(N2CCN(c3ccccc3F)CC2)nc2c1CN(C(=O)NCc1ccccc1)CC2. The van der Waals surface area contributed by atoms with E-state index in [1.807, 2.05) is 66.4 Å². The zero-order valence-corrected chi connectivity index (χ0v) is 20.8. The summed E-state index contributed by atoms with van der Waals surface area (Å²) in [6.45, 7) is 4.42. The predicted octanol–water partition coefficient (Wildman–Crippen LogP) is 3.28. The molecule has 0 radical (unpaired) electrons. The Kier molecular flexibility index (Phi) is 6.88. The molecule has 0 saturated carbocycles. The number of halogens is 1. The van der Waals surface area contributed by atoms with E-state index in [9.17, 15) is 9.18 Å². The van der Waals surface area contributed by atoms with Crippen molar-refractivity contribution in [2.45, 2.75) is 19.5 Å². The quantitative estimate of drug-likeness (QED) is 0.594. The van der Waals surface area contributed by atoms with Crippen molar-refractivity contribution in [1.29, 1.82) is 0 Å². The monoisotopic (exact) mass is 489 g/mol. The van der Waals surface area contributed by atoms with Crippen molar-refractivity contribution in [2.24, 2.45) is 0 Å². The number of anilines is 3. The average Bonchev–Trinajstić information content (AvgIpc) is 2.91. The van der Waals surface area contributed by atoms with E-state index in [1.54, 1.807) is 6.07 Å². The van der Waals surface area contributed by atoms with Crippen LogP contribution in [0.3, 0.4) is 0 Å². The lowest BCUT2D eigenvalue weighted by atomic mass is 10.1. The van der Waals surface area contributed by atoms with Crippen LogP contribution in [0.15, 0.2) is 54.6 Å². The summed E-state index contributed by atoms with van der Waals surface area (Å²) in [7, 11) is 3.94. The van der Waals surface area contributed by atoms with Crippen LogP contribution >= 0.6 is 0 Å². The highest BCUT2D eigenvalue weighted by Crippen LogP contribution is 2.29. The molecular formula is C27H32FN7O. The van der Waals surface area contributed by atoms with Gasteiger partial charge in [-0.25, -0.2) is 14.2 Å². The summed E-state index contributed by atoms with van der Waals surface area (Å²) in [6.07, 6.45) is 0.680. The van der Waals surface area contributed by atoms with Gasteiger partial charge in [-0.05, 0) is 17.7 Å². The predicted molar refractivity (Wildman–Crippen MR) is 140 cm³/mol. The van der Waals surface area contributed by atoms with Gasteiger partial charge in [0.25, 0.3) is 0 Å². The topological polar surface area (TPSA) is 67.8 Å². The van der Waals surface area contributed by atoms with Gasteiger partial charge in [0.05, 0.1) is 17.9 Å². The summed E-state index contributed by atoms with van der Waals surface area (Å²) in [5, 5.41) is 3.03. The second kappa shape index (κ2) is 10.4. The molecule has 8 nitrogen and oxygen atoms in total. The van der Waals surface area contributed by atoms with E-state index in [-0.39, 0.29) is 11.8 Å². The minimum Gasteiger partial charge on any atom is -0.366 e. The Morgan fingerprint density at radius 3 is 2.36 bits per heavy atom. The first-order valence-corrected chi connectivity index (χ1v) is 12.4. The van der Waals surface area contributed by atoms with E-state index in [0.29, 0.717) is 63.9 Å². The summed E-state index contributed by atoms with van der Waals surface area (Å²) >= 11 is 0. The number of aromatic nitrogens is 2. The fourth-order valence-corrected chi connectivity index (χ4v) is 4.81. The molecule has 3 heterocycles. The highest BCUT2D eigenvalue weighted by molar-refractivity contribution is 5.75. The molecule has 1 saturated heterocycles. The molecule has 0 atom stereocenters. The van der Waals surface area contributed by atoms with Crippen LogP contribution in [-0.4, -0.2) is 67.7 Å². The molecule has 0 spiro atoms. The number of hydrogen-bond acceptors (Lipinski definition) is 6. The Hall–Kier alpha value is -3.88. The maximum atomic E-state index is 14.2. The van der Waals surface area contributed by atoms with Crippen LogP contribution in [-0.2, 0) is 19.5 Å². The number of benzene rings is 2. The molecular weight excluding hydrogens is 457 g/mol. The molecule has 1 fully saturated rings. The second-order valence-electron chi connectivity index (χ2n) is 9.41. The number of rotatable bonds is 5. The van der Waals surface area contributed by atoms with E-state index >= 15 is 0 Å². The molecule has 0 unspecified atom stereocenters. The van der Waals surface area contributed by atoms with Crippen LogP contribution in [0.1, 0.15) is 16.8 Å². The number of amides is 2. The fraction of sp³-hybridized carbons (Fsp3) is 0.370. The number of nitrogens with one attached hydrogen (secondary N) is 1. The van der Waals surface area contributed by atoms with Crippen LogP contribution in [0.4, 0.5) is 26.6 Å². The van der Waals surface area contributed by atoms with Crippen molar-refractivity contribution >= 4 is 23.5 Å². The molecule has 5 rings (SSSR count). The molecule has 9 heteroatoms. The van der Waals surface area contributed by atoms with E-state index in [1.165, 1.54) is 6.07 Å². The molecule has 1 aromatic heterocycles. The first-order valence-electron chi connectivity index (χ1n) is 12.4. The van der Waals surface area contributed by atoms with Crippen molar-refractivity contribution in [1.82, 2.24) is 20.2 Å². The van der Waals surface area contributed by atoms with Crippen molar-refractivity contribution < 1.29 is 9.18 Å². The Bertz CT molecular complexity index is 1210. The van der Waals surface area contributed by atoms with Crippen LogP contribution in [0, 0.1) is 5.82 Å². The van der Waals surface area contributed by atoms with E-state index in [4.69, 9.17) is 9.97 Å². The molecule has 2 aromatic carbocycles. The molecule has 2 aliphatic heterocycles.